The summed E-state index contributed by atoms with van der Waals surface area (Å²) in [6.45, 7) is 8.01. The molecule has 0 saturated carbocycles. The lowest BCUT2D eigenvalue weighted by atomic mass is 9.99. The Morgan fingerprint density at radius 2 is 0.791 bits per heavy atom. The molecule has 0 spiro atoms. The molecule has 4 aromatic carbocycles. The second-order valence-electron chi connectivity index (χ2n) is 22.3. The van der Waals surface area contributed by atoms with E-state index in [-0.39, 0.29) is 38.0 Å². The van der Waals surface area contributed by atoms with E-state index in [1.165, 1.54) is 13.8 Å². The van der Waals surface area contributed by atoms with Gasteiger partial charge in [0.1, 0.15) is 48.3 Å². The predicted octanol–water partition coefficient (Wildman–Crippen LogP) is 0.666. The Balaban J connectivity index is 1.28. The van der Waals surface area contributed by atoms with Crippen molar-refractivity contribution in [2.75, 3.05) is 6.61 Å². The van der Waals surface area contributed by atoms with Crippen LogP contribution in [0.15, 0.2) is 122 Å². The fourth-order valence-corrected chi connectivity index (χ4v) is 9.81. The van der Waals surface area contributed by atoms with Crippen molar-refractivity contribution in [2.45, 2.75) is 140 Å². The third kappa shape index (κ3) is 18.5. The van der Waals surface area contributed by atoms with Crippen molar-refractivity contribution in [3.8, 4) is 0 Å². The predicted molar refractivity (Wildman–Crippen MR) is 320 cm³/mol. The molecular weight excluding hydrogens is 1110 g/mol. The molecule has 6 rings (SSSR count). The second kappa shape index (κ2) is 31.3. The number of aliphatic hydroxyl groups excluding tert-OH is 3. The van der Waals surface area contributed by atoms with Gasteiger partial charge in [-0.1, -0.05) is 125 Å². The van der Waals surface area contributed by atoms with E-state index >= 15 is 9.59 Å². The van der Waals surface area contributed by atoms with Gasteiger partial charge < -0.3 is 78.7 Å². The lowest BCUT2D eigenvalue weighted by molar-refractivity contribution is -0.144. The van der Waals surface area contributed by atoms with E-state index < -0.39 is 132 Å². The van der Waals surface area contributed by atoms with Crippen molar-refractivity contribution < 1.29 is 63.6 Å². The third-order valence-corrected chi connectivity index (χ3v) is 14.5. The molecule has 460 valence electrons. The number of nitrogens with two attached hydrogens (primary N) is 1. The van der Waals surface area contributed by atoms with Crippen molar-refractivity contribution >= 4 is 75.0 Å². The van der Waals surface area contributed by atoms with Crippen LogP contribution in [0.4, 0.5) is 0 Å². The first kappa shape index (κ1) is 66.2. The van der Waals surface area contributed by atoms with Crippen molar-refractivity contribution in [3.63, 3.8) is 0 Å². The molecule has 0 bridgehead atoms. The summed E-state index contributed by atoms with van der Waals surface area (Å²) in [6.07, 6.45) is -0.0104. The summed E-state index contributed by atoms with van der Waals surface area (Å²) in [5, 5.41) is 63.2. The minimum absolute atomic E-state index is 0.0957. The highest BCUT2D eigenvalue weighted by molar-refractivity contribution is 5.99. The SMILES string of the molecule is CC(C)C[C@H](NC(=O)[C@@H](N)Cc1ccccc1)C(=O)N[C@@H](Cc1c[nH]c2ccccc12)C(=O)N[C@@H](Cc1c[nH]c2ccccc12)C(=O)N[C@@H](Cc1ccccc1)C(=O)N[C@H](C(=O)N[C@@H](CO)C(=O)N[C@H](C(=O)N[C@H](C(=O)O)C(C)C)[C@@H](C)O)[C@@H](C)O. The van der Waals surface area contributed by atoms with E-state index in [1.54, 1.807) is 48.8 Å². The number of nitrogens with one attached hydrogen (secondary N) is 10. The molecule has 24 heteroatoms. The molecule has 6 aromatic rings. The molecule has 0 aliphatic rings. The van der Waals surface area contributed by atoms with E-state index in [0.717, 1.165) is 30.3 Å². The molecule has 0 aliphatic heterocycles. The number of aromatic nitrogens is 2. The molecular formula is C62H79N11O13. The van der Waals surface area contributed by atoms with Gasteiger partial charge in [0.05, 0.1) is 24.9 Å². The number of hydrogen-bond donors (Lipinski definition) is 15. The Labute approximate surface area is 497 Å². The first-order chi connectivity index (χ1) is 40.9. The molecule has 11 atom stereocenters. The van der Waals surface area contributed by atoms with Gasteiger partial charge in [-0.15, -0.1) is 0 Å². The first-order valence-electron chi connectivity index (χ1n) is 28.5. The van der Waals surface area contributed by atoms with Crippen LogP contribution >= 0.6 is 0 Å². The van der Waals surface area contributed by atoms with Gasteiger partial charge in [0.2, 0.25) is 47.3 Å². The standard InChI is InChI=1S/C62H79N11O13/c1-33(2)25-46(66-54(77)43(63)26-37-17-9-7-10-18-37)55(78)68-49(29-40-31-65-45-24-16-14-22-42(40)45)57(80)69-48(28-39-30-64-44-23-15-13-21-41(39)44)56(79)67-47(27-38-19-11-8-12-20-38)58(81)72-52(35(5)75)60(83)70-50(32-74)59(82)73-53(36(6)76)61(84)71-51(34(3)4)62(85)86/h7-24,30-31,33-36,43,46-53,64-65,74-76H,25-29,32,63H2,1-6H3,(H,66,77)(H,67,79)(H,68,78)(H,69,80)(H,70,83)(H,71,84)(H,72,81)(H,73,82)(H,85,86)/t35-,36-,43+,46+,47+,48+,49+,50+,51+,52+,53+/m1/s1. The van der Waals surface area contributed by atoms with Gasteiger partial charge >= 0.3 is 5.97 Å². The quantitative estimate of drug-likeness (QED) is 0.0285. The molecule has 16 N–H and O–H groups in total. The largest absolute Gasteiger partial charge is 0.480 e. The number of aromatic amines is 2. The Bertz CT molecular complexity index is 3290. The number of aliphatic carboxylic acids is 1. The summed E-state index contributed by atoms with van der Waals surface area (Å²) in [5.41, 5.74) is 10.4. The van der Waals surface area contributed by atoms with Gasteiger partial charge in [0.15, 0.2) is 0 Å². The van der Waals surface area contributed by atoms with Crippen LogP contribution in [0.25, 0.3) is 21.8 Å². The molecule has 2 aromatic heterocycles. The van der Waals surface area contributed by atoms with Crippen molar-refractivity contribution in [1.29, 1.82) is 0 Å². The molecule has 8 amide bonds. The van der Waals surface area contributed by atoms with Crippen LogP contribution in [0.3, 0.4) is 0 Å². The molecule has 0 unspecified atom stereocenters. The molecule has 86 heavy (non-hydrogen) atoms. The number of rotatable bonds is 31. The number of carbonyl (C=O) groups excluding carboxylic acids is 8. The number of carboxylic acids is 1. The van der Waals surface area contributed by atoms with Crippen LogP contribution < -0.4 is 48.3 Å². The topological polar surface area (TPSA) is 388 Å². The maximum Gasteiger partial charge on any atom is 0.326 e. The first-order valence-corrected chi connectivity index (χ1v) is 28.5. The fraction of sp³-hybridized carbons (Fsp3) is 0.403. The molecule has 0 saturated heterocycles. The van der Waals surface area contributed by atoms with E-state index in [4.69, 9.17) is 5.73 Å². The number of aliphatic hydroxyl groups is 3. The van der Waals surface area contributed by atoms with E-state index in [1.807, 2.05) is 86.6 Å². The van der Waals surface area contributed by atoms with Crippen LogP contribution in [0.2, 0.25) is 0 Å². The number of hydrogen-bond acceptors (Lipinski definition) is 13. The Morgan fingerprint density at radius 3 is 1.22 bits per heavy atom. The zero-order valence-corrected chi connectivity index (χ0v) is 48.8. The van der Waals surface area contributed by atoms with Crippen LogP contribution in [0, 0.1) is 11.8 Å². The lowest BCUT2D eigenvalue weighted by Crippen LogP contribution is -2.63. The molecule has 0 fully saturated rings. The minimum Gasteiger partial charge on any atom is -0.480 e. The van der Waals surface area contributed by atoms with Crippen molar-refractivity contribution in [1.82, 2.24) is 52.5 Å². The van der Waals surface area contributed by atoms with Gasteiger partial charge in [-0.2, -0.15) is 0 Å². The molecule has 24 nitrogen and oxygen atoms in total. The maximum absolute atomic E-state index is 15.1. The summed E-state index contributed by atoms with van der Waals surface area (Å²) >= 11 is 0. The van der Waals surface area contributed by atoms with Gasteiger partial charge in [-0.25, -0.2) is 4.79 Å². The monoisotopic (exact) mass is 1190 g/mol. The van der Waals surface area contributed by atoms with Gasteiger partial charge in [-0.05, 0) is 72.9 Å². The normalized spacial score (nSPS) is 15.3. The van der Waals surface area contributed by atoms with Crippen LogP contribution in [-0.4, -0.2) is 157 Å². The zero-order chi connectivity index (χ0) is 62.8. The van der Waals surface area contributed by atoms with Crippen molar-refractivity contribution in [3.05, 3.63) is 144 Å². The Kier molecular flexibility index (Phi) is 24.0. The number of benzene rings is 4. The number of carbonyl (C=O) groups is 9. The number of para-hydroxylation sites is 2. The molecule has 2 heterocycles. The van der Waals surface area contributed by atoms with Gasteiger partial charge in [0.25, 0.3) is 0 Å². The number of H-pyrrole nitrogens is 2. The van der Waals surface area contributed by atoms with E-state index in [2.05, 4.69) is 52.5 Å². The highest BCUT2D eigenvalue weighted by atomic mass is 16.4. The number of fused-ring (bicyclic) bond motifs is 2. The zero-order valence-electron chi connectivity index (χ0n) is 48.8. The highest BCUT2D eigenvalue weighted by Gasteiger charge is 2.38. The Morgan fingerprint density at radius 1 is 0.430 bits per heavy atom. The van der Waals surface area contributed by atoms with Crippen LogP contribution in [-0.2, 0) is 68.8 Å². The fourth-order valence-electron chi connectivity index (χ4n) is 9.81. The Hall–Kier alpha value is -8.97. The summed E-state index contributed by atoms with van der Waals surface area (Å²) in [4.78, 5) is 132. The molecule has 0 aliphatic carbocycles. The second-order valence-corrected chi connectivity index (χ2v) is 22.3. The van der Waals surface area contributed by atoms with E-state index in [0.29, 0.717) is 27.6 Å². The smallest absolute Gasteiger partial charge is 0.326 e. The van der Waals surface area contributed by atoms with Gasteiger partial charge in [-0.3, -0.25) is 38.4 Å². The number of amides is 8. The molecule has 0 radical (unpaired) electrons. The summed E-state index contributed by atoms with van der Waals surface area (Å²) in [5.74, 6) is -9.54. The maximum atomic E-state index is 15.1. The average molecular weight is 1190 g/mol. The van der Waals surface area contributed by atoms with Gasteiger partial charge in [0, 0.05) is 53.5 Å². The van der Waals surface area contributed by atoms with Crippen molar-refractivity contribution in [2.24, 2.45) is 17.6 Å². The van der Waals surface area contributed by atoms with E-state index in [9.17, 15) is 54.0 Å². The number of carboxylic acid groups (broad SMARTS) is 1. The third-order valence-electron chi connectivity index (χ3n) is 14.5. The summed E-state index contributed by atoms with van der Waals surface area (Å²) < 4.78 is 0. The minimum atomic E-state index is -1.86. The van der Waals surface area contributed by atoms with Crippen LogP contribution in [0.5, 0.6) is 0 Å². The highest BCUT2D eigenvalue weighted by Crippen LogP contribution is 2.22. The summed E-state index contributed by atoms with van der Waals surface area (Å²) in [6, 6.07) is 18.8. The summed E-state index contributed by atoms with van der Waals surface area (Å²) in [7, 11) is 0. The van der Waals surface area contributed by atoms with Crippen LogP contribution in [0.1, 0.15) is 70.2 Å². The average Bonchev–Trinajstić information content (AvgIpc) is 3.96. The lowest BCUT2D eigenvalue weighted by Gasteiger charge is -2.29.